The molecule has 9 heteroatoms. The third-order valence-corrected chi connectivity index (χ3v) is 19.2. The van der Waals surface area contributed by atoms with E-state index in [0.717, 1.165) is 47.8 Å². The maximum atomic E-state index is 12.5. The summed E-state index contributed by atoms with van der Waals surface area (Å²) in [5.41, 5.74) is 3.35. The molecule has 46 heavy (non-hydrogen) atoms. The van der Waals surface area contributed by atoms with Gasteiger partial charge in [0.05, 0.1) is 11.6 Å². The van der Waals surface area contributed by atoms with Crippen molar-refractivity contribution in [2.24, 2.45) is 0 Å². The van der Waals surface area contributed by atoms with Crippen LogP contribution in [0.15, 0.2) is 48.7 Å². The zero-order valence-corrected chi connectivity index (χ0v) is 32.5. The molecule has 1 amide bonds. The molecular formula is C37H61N3O4Si2. The second-order valence-electron chi connectivity index (χ2n) is 14.1. The molecule has 0 aliphatic carbocycles. The fourth-order valence-corrected chi connectivity index (χ4v) is 9.57. The summed E-state index contributed by atoms with van der Waals surface area (Å²) in [7, 11) is -3.77. The number of carbonyl (C=O) groups excluding carboxylic acids is 1. The monoisotopic (exact) mass is 667 g/mol. The van der Waals surface area contributed by atoms with Crippen LogP contribution in [-0.4, -0.2) is 64.7 Å². The Hall–Kier alpha value is -2.60. The van der Waals surface area contributed by atoms with Crippen molar-refractivity contribution >= 4 is 33.4 Å². The van der Waals surface area contributed by atoms with Crippen LogP contribution in [0.4, 0.5) is 0 Å². The molecule has 1 aromatic heterocycles. The van der Waals surface area contributed by atoms with Gasteiger partial charge in [0.2, 0.25) is 8.32 Å². The minimum atomic E-state index is -1.91. The van der Waals surface area contributed by atoms with Crippen molar-refractivity contribution in [3.05, 3.63) is 59.8 Å². The molecule has 0 aliphatic heterocycles. The summed E-state index contributed by atoms with van der Waals surface area (Å²) in [6.45, 7) is 26.6. The van der Waals surface area contributed by atoms with Crippen molar-refractivity contribution in [2.75, 3.05) is 26.2 Å². The van der Waals surface area contributed by atoms with Crippen molar-refractivity contribution in [3.63, 3.8) is 0 Å². The molecule has 2 unspecified atom stereocenters. The predicted octanol–water partition coefficient (Wildman–Crippen LogP) is 9.08. The van der Waals surface area contributed by atoms with Gasteiger partial charge in [0.15, 0.2) is 14.9 Å². The number of benzene rings is 2. The summed E-state index contributed by atoms with van der Waals surface area (Å²) in [4.78, 5) is 17.7. The molecule has 3 aromatic rings. The number of likely N-dealkylation sites (N-methyl/N-ethyl adjacent to an activating group) is 1. The number of hydrogen-bond acceptors (Lipinski definition) is 5. The number of fused-ring (bicyclic) bond motifs is 1. The molecule has 2 N–H and O–H groups in total. The average molecular weight is 668 g/mol. The van der Waals surface area contributed by atoms with Crippen LogP contribution in [-0.2, 0) is 15.6 Å². The van der Waals surface area contributed by atoms with E-state index < -0.39 is 16.6 Å². The summed E-state index contributed by atoms with van der Waals surface area (Å²) in [5.74, 6) is 1.65. The molecule has 0 bridgehead atoms. The van der Waals surface area contributed by atoms with Gasteiger partial charge in [-0.2, -0.15) is 0 Å². The van der Waals surface area contributed by atoms with Crippen LogP contribution in [0.5, 0.6) is 11.5 Å². The molecule has 0 fully saturated rings. The zero-order valence-electron chi connectivity index (χ0n) is 30.5. The zero-order chi connectivity index (χ0) is 34.1. The highest BCUT2D eigenvalue weighted by molar-refractivity contribution is 6.74. The lowest BCUT2D eigenvalue weighted by Crippen LogP contribution is -2.43. The minimum absolute atomic E-state index is 0.00226. The number of amides is 1. The van der Waals surface area contributed by atoms with E-state index in [9.17, 15) is 4.79 Å². The Labute approximate surface area is 281 Å². The van der Waals surface area contributed by atoms with Crippen LogP contribution < -0.4 is 14.5 Å². The lowest BCUT2D eigenvalue weighted by Gasteiger charge is -2.37. The van der Waals surface area contributed by atoms with Gasteiger partial charge in [-0.3, -0.25) is 4.79 Å². The largest absolute Gasteiger partial charge is 0.544 e. The molecule has 256 valence electrons. The van der Waals surface area contributed by atoms with Gasteiger partial charge in [-0.15, -0.1) is 0 Å². The second-order valence-corrected chi connectivity index (χ2v) is 23.6. The first-order chi connectivity index (χ1) is 21.7. The smallest absolute Gasteiger partial charge is 0.260 e. The highest BCUT2D eigenvalue weighted by Crippen LogP contribution is 2.38. The second kappa shape index (κ2) is 16.5. The lowest BCUT2D eigenvalue weighted by atomic mass is 10.0. The first-order valence-corrected chi connectivity index (χ1v) is 22.9. The van der Waals surface area contributed by atoms with Crippen LogP contribution in [0.3, 0.4) is 0 Å². The summed E-state index contributed by atoms with van der Waals surface area (Å²) in [6, 6.07) is 18.3. The maximum absolute atomic E-state index is 12.5. The van der Waals surface area contributed by atoms with Gasteiger partial charge in [0.1, 0.15) is 11.5 Å². The van der Waals surface area contributed by atoms with E-state index in [1.54, 1.807) is 4.90 Å². The fourth-order valence-electron chi connectivity index (χ4n) is 5.72. The lowest BCUT2D eigenvalue weighted by molar-refractivity contribution is -0.132. The van der Waals surface area contributed by atoms with Crippen LogP contribution in [0.1, 0.15) is 79.5 Å². The summed E-state index contributed by atoms with van der Waals surface area (Å²) in [6.07, 6.45) is 2.90. The minimum Gasteiger partial charge on any atom is -0.544 e. The molecule has 2 aromatic carbocycles. The highest BCUT2D eigenvalue weighted by Gasteiger charge is 2.39. The highest BCUT2D eigenvalue weighted by atomic mass is 28.4. The molecule has 1 heterocycles. The van der Waals surface area contributed by atoms with Crippen LogP contribution in [0.2, 0.25) is 36.3 Å². The van der Waals surface area contributed by atoms with Gasteiger partial charge < -0.3 is 28.8 Å². The van der Waals surface area contributed by atoms with Gasteiger partial charge in [-0.25, -0.2) is 0 Å². The standard InChI is InChI=1S/C37H61N3O4Si2/c1-12-40(13-2)35(41)27-42-33-19-17-18-32-30(25-39-36(32)33)24-28(6)38-26-34(44-46(14-3,15-4)16-5)29-20-22-31(23-21-29)43-45(10,11)37(7,8)9/h17-23,25,28,34,38-39H,12-16,24,26-27H2,1-11H3. The Morgan fingerprint density at radius 1 is 0.957 bits per heavy atom. The van der Waals surface area contributed by atoms with E-state index in [0.29, 0.717) is 18.8 Å². The van der Waals surface area contributed by atoms with Crippen molar-refractivity contribution in [1.82, 2.24) is 15.2 Å². The van der Waals surface area contributed by atoms with Gasteiger partial charge in [0.25, 0.3) is 5.91 Å². The maximum Gasteiger partial charge on any atom is 0.260 e. The average Bonchev–Trinajstić information content (AvgIpc) is 3.44. The van der Waals surface area contributed by atoms with Crippen LogP contribution in [0, 0.1) is 0 Å². The topological polar surface area (TPSA) is 75.8 Å². The number of aromatic nitrogens is 1. The first kappa shape index (κ1) is 37.9. The summed E-state index contributed by atoms with van der Waals surface area (Å²) in [5, 5.41) is 5.08. The predicted molar refractivity (Wildman–Crippen MR) is 198 cm³/mol. The number of aromatic amines is 1. The fraction of sp³-hybridized carbons (Fsp3) is 0.595. The Morgan fingerprint density at radius 3 is 2.15 bits per heavy atom. The quantitative estimate of drug-likeness (QED) is 0.132. The van der Waals surface area contributed by atoms with E-state index in [-0.39, 0.29) is 29.7 Å². The molecule has 0 aliphatic rings. The molecule has 0 saturated carbocycles. The molecule has 0 saturated heterocycles. The van der Waals surface area contributed by atoms with Crippen molar-refractivity contribution < 1.29 is 18.4 Å². The number of hydrogen-bond donors (Lipinski definition) is 2. The molecule has 2 atom stereocenters. The number of ether oxygens (including phenoxy) is 1. The molecule has 0 radical (unpaired) electrons. The number of H-pyrrole nitrogens is 1. The Morgan fingerprint density at radius 2 is 1.59 bits per heavy atom. The van der Waals surface area contributed by atoms with Crippen molar-refractivity contribution in [3.8, 4) is 11.5 Å². The number of nitrogens with zero attached hydrogens (tertiary/aromatic N) is 1. The summed E-state index contributed by atoms with van der Waals surface area (Å²) < 4.78 is 19.7. The van der Waals surface area contributed by atoms with Crippen molar-refractivity contribution in [1.29, 1.82) is 0 Å². The van der Waals surface area contributed by atoms with E-state index in [1.807, 2.05) is 26.0 Å². The normalized spacial score (nSPS) is 13.9. The van der Waals surface area contributed by atoms with Crippen molar-refractivity contribution in [2.45, 2.75) is 117 Å². The van der Waals surface area contributed by atoms with Gasteiger partial charge >= 0.3 is 0 Å². The van der Waals surface area contributed by atoms with Gasteiger partial charge in [-0.05, 0) is 92.8 Å². The van der Waals surface area contributed by atoms with Gasteiger partial charge in [0, 0.05) is 37.3 Å². The third kappa shape index (κ3) is 9.49. The van der Waals surface area contributed by atoms with Crippen LogP contribution in [0.25, 0.3) is 10.9 Å². The van der Waals surface area contributed by atoms with Crippen LogP contribution >= 0.6 is 0 Å². The van der Waals surface area contributed by atoms with E-state index >= 15 is 0 Å². The van der Waals surface area contributed by atoms with E-state index in [2.05, 4.69) is 108 Å². The Kier molecular flexibility index (Phi) is 13.6. The number of para-hydroxylation sites is 1. The Balaban J connectivity index is 1.74. The van der Waals surface area contributed by atoms with E-state index in [1.165, 1.54) is 11.1 Å². The molecule has 7 nitrogen and oxygen atoms in total. The Bertz CT molecular complexity index is 1370. The first-order valence-electron chi connectivity index (χ1n) is 17.4. The number of carbonyl (C=O) groups is 1. The number of rotatable bonds is 18. The molecular weight excluding hydrogens is 607 g/mol. The van der Waals surface area contributed by atoms with E-state index in [4.69, 9.17) is 13.6 Å². The third-order valence-electron chi connectivity index (χ3n) is 10.2. The summed E-state index contributed by atoms with van der Waals surface area (Å²) >= 11 is 0. The molecule has 3 rings (SSSR count). The van der Waals surface area contributed by atoms with Gasteiger partial charge in [-0.1, -0.05) is 65.8 Å². The number of nitrogens with one attached hydrogen (secondary N) is 2. The molecule has 0 spiro atoms. The SMILES string of the molecule is CCN(CC)C(=O)COc1cccc2c(CC(C)NCC(O[Si](CC)(CC)CC)c3ccc(O[Si](C)(C)C(C)(C)C)cc3)c[nH]c12.